The van der Waals surface area contributed by atoms with Crippen molar-refractivity contribution in [3.05, 3.63) is 29.8 Å². The Morgan fingerprint density at radius 3 is 2.62 bits per heavy atom. The fraction of sp³-hybridized carbons (Fsp3) is 0.708. The zero-order chi connectivity index (χ0) is 20.7. The Labute approximate surface area is 176 Å². The van der Waals surface area contributed by atoms with E-state index in [9.17, 15) is 10.4 Å². The molecule has 0 bridgehead atoms. The van der Waals surface area contributed by atoms with Crippen LogP contribution in [-0.2, 0) is 6.54 Å². The third kappa shape index (κ3) is 6.44. The van der Waals surface area contributed by atoms with E-state index >= 15 is 0 Å². The summed E-state index contributed by atoms with van der Waals surface area (Å²) in [5.41, 5.74) is 0.974. The lowest BCUT2D eigenvalue weighted by Gasteiger charge is -2.35. The molecule has 1 unspecified atom stereocenters. The van der Waals surface area contributed by atoms with E-state index < -0.39 is 6.10 Å². The van der Waals surface area contributed by atoms with E-state index in [1.54, 1.807) is 0 Å². The topological polar surface area (TPSA) is 59.7 Å². The molecule has 0 spiro atoms. The Morgan fingerprint density at radius 1 is 1.24 bits per heavy atom. The molecule has 1 heterocycles. The fourth-order valence-corrected chi connectivity index (χ4v) is 4.57. The molecule has 5 heteroatoms. The molecule has 160 valence electrons. The Hall–Kier alpha value is -1.61. The molecule has 29 heavy (non-hydrogen) atoms. The first-order chi connectivity index (χ1) is 14.0. The van der Waals surface area contributed by atoms with Gasteiger partial charge in [-0.1, -0.05) is 37.5 Å². The summed E-state index contributed by atoms with van der Waals surface area (Å²) in [7, 11) is 2.12. The second kappa shape index (κ2) is 10.4. The number of nitriles is 1. The molecule has 1 aromatic rings. The number of benzene rings is 1. The number of aliphatic hydroxyl groups is 1. The first-order valence-electron chi connectivity index (χ1n) is 11.2. The van der Waals surface area contributed by atoms with Crippen LogP contribution in [0, 0.1) is 16.7 Å². The first-order valence-corrected chi connectivity index (χ1v) is 11.2. The van der Waals surface area contributed by atoms with E-state index in [0.717, 1.165) is 43.8 Å². The maximum absolute atomic E-state index is 10.5. The Morgan fingerprint density at radius 2 is 1.93 bits per heavy atom. The van der Waals surface area contributed by atoms with E-state index in [4.69, 9.17) is 4.74 Å². The Bertz CT molecular complexity index is 673. The number of nitrogens with zero attached hydrogens (tertiary/aromatic N) is 3. The van der Waals surface area contributed by atoms with Gasteiger partial charge in [-0.05, 0) is 58.8 Å². The van der Waals surface area contributed by atoms with Crippen molar-refractivity contribution in [2.45, 2.75) is 70.6 Å². The number of para-hydroxylation sites is 1. The number of ether oxygens (including phenoxy) is 1. The summed E-state index contributed by atoms with van der Waals surface area (Å²) < 4.78 is 6.04. The zero-order valence-electron chi connectivity index (χ0n) is 18.1. The molecule has 2 aliphatic rings. The van der Waals surface area contributed by atoms with Crippen LogP contribution in [0.4, 0.5) is 0 Å². The van der Waals surface area contributed by atoms with Crippen LogP contribution in [0.15, 0.2) is 24.3 Å². The van der Waals surface area contributed by atoms with Crippen molar-refractivity contribution in [3.8, 4) is 11.8 Å². The van der Waals surface area contributed by atoms with Crippen molar-refractivity contribution in [1.29, 1.82) is 5.26 Å². The number of rotatable bonds is 8. The van der Waals surface area contributed by atoms with Crippen LogP contribution < -0.4 is 4.74 Å². The largest absolute Gasteiger partial charge is 0.491 e. The third-order valence-electron chi connectivity index (χ3n) is 6.72. The fourth-order valence-electron chi connectivity index (χ4n) is 4.57. The van der Waals surface area contributed by atoms with Crippen LogP contribution in [0.1, 0.15) is 57.4 Å². The molecular formula is C24H37N3O2. The third-order valence-corrected chi connectivity index (χ3v) is 6.72. The normalized spacial score (nSPS) is 21.6. The van der Waals surface area contributed by atoms with Crippen LogP contribution in [-0.4, -0.2) is 60.3 Å². The second-order valence-electron chi connectivity index (χ2n) is 9.25. The van der Waals surface area contributed by atoms with Gasteiger partial charge in [0.25, 0.3) is 0 Å². The molecule has 1 saturated heterocycles. The van der Waals surface area contributed by atoms with Gasteiger partial charge in [0.15, 0.2) is 0 Å². The van der Waals surface area contributed by atoms with Crippen LogP contribution in [0.25, 0.3) is 0 Å². The molecular weight excluding hydrogens is 362 g/mol. The van der Waals surface area contributed by atoms with Gasteiger partial charge in [0.2, 0.25) is 0 Å². The number of likely N-dealkylation sites (tertiary alicyclic amines) is 1. The summed E-state index contributed by atoms with van der Waals surface area (Å²) in [5, 5.41) is 19.8. The summed E-state index contributed by atoms with van der Waals surface area (Å²) in [6, 6.07) is 11.2. The summed E-state index contributed by atoms with van der Waals surface area (Å²) in [5.74, 6) is 0.862. The van der Waals surface area contributed by atoms with Crippen LogP contribution in [0.5, 0.6) is 5.75 Å². The van der Waals surface area contributed by atoms with E-state index in [2.05, 4.69) is 35.9 Å². The SMILES string of the molecule is CN(CC(O)COc1ccccc1CN1CCC(C)(C#N)CC1)C1CCCCC1. The first kappa shape index (κ1) is 22.1. The van der Waals surface area contributed by atoms with E-state index in [-0.39, 0.29) is 5.41 Å². The van der Waals surface area contributed by atoms with Crippen molar-refractivity contribution >= 4 is 0 Å². The Kier molecular flexibility index (Phi) is 7.94. The van der Waals surface area contributed by atoms with Crippen LogP contribution in [0.3, 0.4) is 0 Å². The van der Waals surface area contributed by atoms with Crippen LogP contribution >= 0.6 is 0 Å². The molecule has 3 rings (SSSR count). The smallest absolute Gasteiger partial charge is 0.123 e. The number of aliphatic hydroxyl groups excluding tert-OH is 1. The number of likely N-dealkylation sites (N-methyl/N-ethyl adjacent to an activating group) is 1. The molecule has 1 N–H and O–H groups in total. The quantitative estimate of drug-likeness (QED) is 0.720. The Balaban J connectivity index is 1.48. The molecule has 1 aromatic carbocycles. The van der Waals surface area contributed by atoms with E-state index in [1.165, 1.54) is 32.1 Å². The predicted octanol–water partition coefficient (Wildman–Crippen LogP) is 3.82. The monoisotopic (exact) mass is 399 g/mol. The van der Waals surface area contributed by atoms with Gasteiger partial charge >= 0.3 is 0 Å². The maximum Gasteiger partial charge on any atom is 0.123 e. The average molecular weight is 400 g/mol. The molecule has 0 amide bonds. The van der Waals surface area contributed by atoms with Crippen LogP contribution in [0.2, 0.25) is 0 Å². The molecule has 1 aliphatic carbocycles. The van der Waals surface area contributed by atoms with Gasteiger partial charge in [-0.15, -0.1) is 0 Å². The van der Waals surface area contributed by atoms with Crippen molar-refractivity contribution in [1.82, 2.24) is 9.80 Å². The molecule has 5 nitrogen and oxygen atoms in total. The van der Waals surface area contributed by atoms with Gasteiger partial charge in [0.05, 0.1) is 11.5 Å². The maximum atomic E-state index is 10.5. The number of piperidine rings is 1. The standard InChI is InChI=1S/C24H37N3O2/c1-24(19-25)12-14-27(15-13-24)16-20-8-6-7-11-23(20)29-18-22(28)17-26(2)21-9-4-3-5-10-21/h6-8,11,21-22,28H,3-5,9-10,12-18H2,1-2H3. The molecule has 1 saturated carbocycles. The zero-order valence-corrected chi connectivity index (χ0v) is 18.1. The summed E-state index contributed by atoms with van der Waals surface area (Å²) in [6.07, 6.45) is 7.79. The van der Waals surface area contributed by atoms with Gasteiger partial charge in [0.1, 0.15) is 18.5 Å². The molecule has 1 aliphatic heterocycles. The van der Waals surface area contributed by atoms with E-state index in [1.807, 2.05) is 18.2 Å². The minimum absolute atomic E-state index is 0.180. The summed E-state index contributed by atoms with van der Waals surface area (Å²) in [4.78, 5) is 4.70. The summed E-state index contributed by atoms with van der Waals surface area (Å²) in [6.45, 7) is 5.75. The average Bonchev–Trinajstić information content (AvgIpc) is 2.75. The number of hydrogen-bond donors (Lipinski definition) is 1. The van der Waals surface area contributed by atoms with Gasteiger partial charge in [-0.25, -0.2) is 0 Å². The van der Waals surface area contributed by atoms with Gasteiger partial charge in [-0.3, -0.25) is 4.90 Å². The van der Waals surface area contributed by atoms with Crippen molar-refractivity contribution in [2.24, 2.45) is 5.41 Å². The van der Waals surface area contributed by atoms with Crippen molar-refractivity contribution in [3.63, 3.8) is 0 Å². The summed E-state index contributed by atoms with van der Waals surface area (Å²) >= 11 is 0. The lowest BCUT2D eigenvalue weighted by molar-refractivity contribution is 0.0554. The molecule has 0 radical (unpaired) electrons. The van der Waals surface area contributed by atoms with Crippen molar-refractivity contribution < 1.29 is 9.84 Å². The highest BCUT2D eigenvalue weighted by molar-refractivity contribution is 5.33. The van der Waals surface area contributed by atoms with Gasteiger partial charge in [-0.2, -0.15) is 5.26 Å². The lowest BCUT2D eigenvalue weighted by Crippen LogP contribution is -2.40. The van der Waals surface area contributed by atoms with Crippen molar-refractivity contribution in [2.75, 3.05) is 33.3 Å². The molecule has 1 atom stereocenters. The second-order valence-corrected chi connectivity index (χ2v) is 9.25. The predicted molar refractivity (Wildman–Crippen MR) is 116 cm³/mol. The highest BCUT2D eigenvalue weighted by Gasteiger charge is 2.30. The van der Waals surface area contributed by atoms with Gasteiger partial charge in [0, 0.05) is 24.7 Å². The van der Waals surface area contributed by atoms with E-state index in [0.29, 0.717) is 19.2 Å². The minimum Gasteiger partial charge on any atom is -0.491 e. The lowest BCUT2D eigenvalue weighted by atomic mass is 9.82. The number of hydrogen-bond acceptors (Lipinski definition) is 5. The molecule has 0 aromatic heterocycles. The molecule has 2 fully saturated rings. The highest BCUT2D eigenvalue weighted by atomic mass is 16.5. The minimum atomic E-state index is -0.485. The van der Waals surface area contributed by atoms with Gasteiger partial charge < -0.3 is 14.7 Å². The highest BCUT2D eigenvalue weighted by Crippen LogP contribution is 2.31.